The molecule has 0 aliphatic carbocycles. The maximum atomic E-state index is 13.6. The minimum Gasteiger partial charge on any atom is -0.469 e. The third-order valence-corrected chi connectivity index (χ3v) is 3.70. The fourth-order valence-electron chi connectivity index (χ4n) is 2.24. The van der Waals surface area contributed by atoms with Crippen LogP contribution in [-0.2, 0) is 16.1 Å². The minimum atomic E-state index is -0.209. The van der Waals surface area contributed by atoms with Gasteiger partial charge in [-0.15, -0.1) is 0 Å². The molecule has 0 aromatic heterocycles. The predicted molar refractivity (Wildman–Crippen MR) is 69.5 cm³/mol. The van der Waals surface area contributed by atoms with E-state index in [9.17, 15) is 9.18 Å². The average molecular weight is 316 g/mol. The molecule has 0 radical (unpaired) electrons. The first kappa shape index (κ1) is 13.5. The maximum Gasteiger partial charge on any atom is 0.310 e. The number of hydrogen-bond acceptors (Lipinski definition) is 3. The quantitative estimate of drug-likeness (QED) is 0.803. The van der Waals surface area contributed by atoms with Gasteiger partial charge in [0.1, 0.15) is 5.82 Å². The summed E-state index contributed by atoms with van der Waals surface area (Å²) in [5.41, 5.74) is 0.648. The SMILES string of the molecule is COC(=O)C1CCN(Cc2cc(Br)ccc2F)C1. The van der Waals surface area contributed by atoms with E-state index in [1.807, 2.05) is 0 Å². The molecule has 0 N–H and O–H groups in total. The summed E-state index contributed by atoms with van der Waals surface area (Å²) in [6.07, 6.45) is 0.780. The molecule has 0 saturated carbocycles. The van der Waals surface area contributed by atoms with Gasteiger partial charge in [0.05, 0.1) is 13.0 Å². The van der Waals surface area contributed by atoms with Crippen molar-refractivity contribution in [2.45, 2.75) is 13.0 Å². The minimum absolute atomic E-state index is 0.0785. The van der Waals surface area contributed by atoms with Crippen LogP contribution in [0.4, 0.5) is 4.39 Å². The number of carbonyl (C=O) groups excluding carboxylic acids is 1. The lowest BCUT2D eigenvalue weighted by Crippen LogP contribution is -2.24. The van der Waals surface area contributed by atoms with Crippen LogP contribution in [0.25, 0.3) is 0 Å². The van der Waals surface area contributed by atoms with E-state index < -0.39 is 0 Å². The molecule has 1 atom stereocenters. The van der Waals surface area contributed by atoms with Crippen molar-refractivity contribution >= 4 is 21.9 Å². The molecular weight excluding hydrogens is 301 g/mol. The van der Waals surface area contributed by atoms with Gasteiger partial charge in [-0.2, -0.15) is 0 Å². The van der Waals surface area contributed by atoms with Crippen LogP contribution in [0.15, 0.2) is 22.7 Å². The van der Waals surface area contributed by atoms with E-state index in [4.69, 9.17) is 4.74 Å². The van der Waals surface area contributed by atoms with Crippen LogP contribution >= 0.6 is 15.9 Å². The number of nitrogens with zero attached hydrogens (tertiary/aromatic N) is 1. The monoisotopic (exact) mass is 315 g/mol. The summed E-state index contributed by atoms with van der Waals surface area (Å²) in [5.74, 6) is -0.461. The van der Waals surface area contributed by atoms with Crippen molar-refractivity contribution in [2.75, 3.05) is 20.2 Å². The normalized spacial score (nSPS) is 20.1. The Labute approximate surface area is 114 Å². The average Bonchev–Trinajstić information content (AvgIpc) is 2.81. The van der Waals surface area contributed by atoms with Crippen LogP contribution in [0.2, 0.25) is 0 Å². The first-order valence-corrected chi connectivity index (χ1v) is 6.63. The van der Waals surface area contributed by atoms with Crippen molar-refractivity contribution < 1.29 is 13.9 Å². The highest BCUT2D eigenvalue weighted by Gasteiger charge is 2.29. The summed E-state index contributed by atoms with van der Waals surface area (Å²) in [6.45, 7) is 1.96. The second-order valence-electron chi connectivity index (χ2n) is 4.48. The van der Waals surface area contributed by atoms with Gasteiger partial charge in [-0.25, -0.2) is 4.39 Å². The number of ether oxygens (including phenoxy) is 1. The Bertz CT molecular complexity index is 453. The van der Waals surface area contributed by atoms with Crippen LogP contribution in [-0.4, -0.2) is 31.1 Å². The first-order valence-electron chi connectivity index (χ1n) is 5.84. The van der Waals surface area contributed by atoms with Gasteiger partial charge < -0.3 is 4.74 Å². The molecule has 18 heavy (non-hydrogen) atoms. The zero-order chi connectivity index (χ0) is 13.1. The number of rotatable bonds is 3. The Morgan fingerprint density at radius 2 is 2.39 bits per heavy atom. The molecular formula is C13H15BrFNO2. The van der Waals surface area contributed by atoms with E-state index in [0.29, 0.717) is 18.7 Å². The molecule has 5 heteroatoms. The largest absolute Gasteiger partial charge is 0.469 e. The van der Waals surface area contributed by atoms with E-state index in [1.54, 1.807) is 12.1 Å². The van der Waals surface area contributed by atoms with E-state index >= 15 is 0 Å². The Kier molecular flexibility index (Phi) is 4.35. The topological polar surface area (TPSA) is 29.5 Å². The third-order valence-electron chi connectivity index (χ3n) is 3.21. The van der Waals surface area contributed by atoms with Crippen molar-refractivity contribution in [3.8, 4) is 0 Å². The number of halogens is 2. The second kappa shape index (κ2) is 5.80. The van der Waals surface area contributed by atoms with Gasteiger partial charge in [-0.3, -0.25) is 9.69 Å². The number of esters is 1. The molecule has 3 nitrogen and oxygen atoms in total. The van der Waals surface area contributed by atoms with Crippen LogP contribution in [0, 0.1) is 11.7 Å². The molecule has 1 fully saturated rings. The van der Waals surface area contributed by atoms with Crippen LogP contribution in [0.1, 0.15) is 12.0 Å². The number of likely N-dealkylation sites (tertiary alicyclic amines) is 1. The Morgan fingerprint density at radius 3 is 3.11 bits per heavy atom. The van der Waals surface area contributed by atoms with Crippen LogP contribution < -0.4 is 0 Å². The summed E-state index contributed by atoms with van der Waals surface area (Å²) >= 11 is 3.33. The summed E-state index contributed by atoms with van der Waals surface area (Å²) in [4.78, 5) is 13.5. The molecule has 1 heterocycles. The fourth-order valence-corrected chi connectivity index (χ4v) is 2.65. The lowest BCUT2D eigenvalue weighted by Gasteiger charge is -2.16. The van der Waals surface area contributed by atoms with Gasteiger partial charge >= 0.3 is 5.97 Å². The van der Waals surface area contributed by atoms with Crippen molar-refractivity contribution in [1.29, 1.82) is 0 Å². The number of methoxy groups -OCH3 is 1. The van der Waals surface area contributed by atoms with Gasteiger partial charge in [0.25, 0.3) is 0 Å². The molecule has 1 aromatic carbocycles. The zero-order valence-electron chi connectivity index (χ0n) is 10.2. The smallest absolute Gasteiger partial charge is 0.310 e. The van der Waals surface area contributed by atoms with Gasteiger partial charge in [-0.05, 0) is 31.2 Å². The Balaban J connectivity index is 1.99. The molecule has 0 bridgehead atoms. The Morgan fingerprint density at radius 1 is 1.61 bits per heavy atom. The number of carbonyl (C=O) groups is 1. The summed E-state index contributed by atoms with van der Waals surface area (Å²) in [6, 6.07) is 4.91. The lowest BCUT2D eigenvalue weighted by molar-refractivity contribution is -0.144. The predicted octanol–water partition coefficient (Wildman–Crippen LogP) is 2.58. The first-order chi connectivity index (χ1) is 8.60. The lowest BCUT2D eigenvalue weighted by atomic mass is 10.1. The maximum absolute atomic E-state index is 13.6. The standard InChI is InChI=1S/C13H15BrFNO2/c1-18-13(17)9-4-5-16(7-9)8-10-6-11(14)2-3-12(10)15/h2-3,6,9H,4-5,7-8H2,1H3. The van der Waals surface area contributed by atoms with Gasteiger partial charge in [-0.1, -0.05) is 15.9 Å². The van der Waals surface area contributed by atoms with Gasteiger partial charge in [0, 0.05) is 23.1 Å². The van der Waals surface area contributed by atoms with Crippen molar-refractivity contribution in [1.82, 2.24) is 4.90 Å². The molecule has 1 unspecified atom stereocenters. The molecule has 0 spiro atoms. The highest BCUT2D eigenvalue weighted by Crippen LogP contribution is 2.22. The van der Waals surface area contributed by atoms with Crippen LogP contribution in [0.5, 0.6) is 0 Å². The van der Waals surface area contributed by atoms with Gasteiger partial charge in [0.15, 0.2) is 0 Å². The van der Waals surface area contributed by atoms with Crippen molar-refractivity contribution in [3.05, 3.63) is 34.1 Å². The molecule has 1 saturated heterocycles. The summed E-state index contributed by atoms with van der Waals surface area (Å²) in [7, 11) is 1.40. The van der Waals surface area contributed by atoms with E-state index in [2.05, 4.69) is 20.8 Å². The van der Waals surface area contributed by atoms with Gasteiger partial charge in [0.2, 0.25) is 0 Å². The molecule has 1 aromatic rings. The Hall–Kier alpha value is -0.940. The van der Waals surface area contributed by atoms with Crippen molar-refractivity contribution in [3.63, 3.8) is 0 Å². The fraction of sp³-hybridized carbons (Fsp3) is 0.462. The van der Waals surface area contributed by atoms with E-state index in [0.717, 1.165) is 17.4 Å². The van der Waals surface area contributed by atoms with Crippen molar-refractivity contribution in [2.24, 2.45) is 5.92 Å². The number of hydrogen-bond donors (Lipinski definition) is 0. The molecule has 1 aliphatic rings. The number of benzene rings is 1. The summed E-state index contributed by atoms with van der Waals surface area (Å²) < 4.78 is 19.2. The van der Waals surface area contributed by atoms with Crippen LogP contribution in [0.3, 0.4) is 0 Å². The highest BCUT2D eigenvalue weighted by atomic mass is 79.9. The third kappa shape index (κ3) is 3.09. The molecule has 1 aliphatic heterocycles. The highest BCUT2D eigenvalue weighted by molar-refractivity contribution is 9.10. The molecule has 98 valence electrons. The molecule has 2 rings (SSSR count). The van der Waals surface area contributed by atoms with E-state index in [1.165, 1.54) is 13.2 Å². The zero-order valence-corrected chi connectivity index (χ0v) is 11.7. The second-order valence-corrected chi connectivity index (χ2v) is 5.40. The summed E-state index contributed by atoms with van der Waals surface area (Å²) in [5, 5.41) is 0. The molecule has 0 amide bonds. The van der Waals surface area contributed by atoms with E-state index in [-0.39, 0.29) is 17.7 Å².